The lowest BCUT2D eigenvalue weighted by Gasteiger charge is -2.38. The van der Waals surface area contributed by atoms with Crippen LogP contribution in [0.25, 0.3) is 0 Å². The summed E-state index contributed by atoms with van der Waals surface area (Å²) in [5, 5.41) is 14.8. The summed E-state index contributed by atoms with van der Waals surface area (Å²) in [5.74, 6) is 0.291. The van der Waals surface area contributed by atoms with E-state index in [4.69, 9.17) is 26.0 Å². The molecule has 7 N–H and O–H groups in total. The molecule has 2 aliphatic rings. The summed E-state index contributed by atoms with van der Waals surface area (Å²) >= 11 is 0. The number of ketones is 1. The third-order valence-corrected chi connectivity index (χ3v) is 12.2. The van der Waals surface area contributed by atoms with Crippen LogP contribution in [0, 0.1) is 11.8 Å². The number of hydrogen-bond acceptors (Lipinski definition) is 13. The van der Waals surface area contributed by atoms with Crippen LogP contribution in [0.15, 0.2) is 73.1 Å². The monoisotopic (exact) mass is 952 g/mol. The number of nitrogens with one attached hydrogen (secondary N) is 2. The molecule has 4 aromatic rings. The van der Waals surface area contributed by atoms with E-state index in [2.05, 4.69) is 82.6 Å². The normalized spacial score (nSPS) is 17.7. The number of nitrogens with two attached hydrogens (primary N) is 2. The number of benzene rings is 2. The number of aromatic nitrogens is 2. The molecule has 0 saturated carbocycles. The van der Waals surface area contributed by atoms with E-state index in [1.165, 1.54) is 30.8 Å². The highest BCUT2D eigenvalue weighted by molar-refractivity contribution is 6.39. The molecule has 2 fully saturated rings. The highest BCUT2D eigenvalue weighted by Crippen LogP contribution is 2.35. The predicted molar refractivity (Wildman–Crippen MR) is 273 cm³/mol. The second-order valence-electron chi connectivity index (χ2n) is 18.7. The van der Waals surface area contributed by atoms with Gasteiger partial charge in [0.1, 0.15) is 23.1 Å². The third-order valence-electron chi connectivity index (χ3n) is 12.2. The largest absolute Gasteiger partial charge is 0.494 e. The Labute approximate surface area is 409 Å². The number of amides is 2. The quantitative estimate of drug-likeness (QED) is 0.0502. The molecule has 2 amide bonds. The van der Waals surface area contributed by atoms with Gasteiger partial charge in [0, 0.05) is 38.3 Å². The van der Waals surface area contributed by atoms with Crippen molar-refractivity contribution >= 4 is 40.9 Å². The van der Waals surface area contributed by atoms with Crippen LogP contribution in [0.1, 0.15) is 106 Å². The molecule has 0 unspecified atom stereocenters. The van der Waals surface area contributed by atoms with E-state index in [9.17, 15) is 19.2 Å². The first kappa shape index (κ1) is 55.5. The fraction of sp³-hybridized carbons (Fsp3) is 0.509. The first-order chi connectivity index (χ1) is 33.0. The van der Waals surface area contributed by atoms with Crippen LogP contribution in [-0.4, -0.2) is 121 Å². The van der Waals surface area contributed by atoms with Crippen molar-refractivity contribution in [3.8, 4) is 11.5 Å². The van der Waals surface area contributed by atoms with Gasteiger partial charge in [0.25, 0.3) is 0 Å². The van der Waals surface area contributed by atoms with Crippen LogP contribution in [0.5, 0.6) is 11.5 Å². The van der Waals surface area contributed by atoms with Gasteiger partial charge < -0.3 is 51.4 Å². The summed E-state index contributed by atoms with van der Waals surface area (Å²) in [6.45, 7) is 13.4. The molecule has 0 radical (unpaired) electrons. The maximum Gasteiger partial charge on any atom is 0.372 e. The molecule has 4 atom stereocenters. The van der Waals surface area contributed by atoms with Crippen LogP contribution in [-0.2, 0) is 38.4 Å². The number of carbonyl (C=O) groups is 4. The number of hydrogen-bond donors (Lipinski definition) is 5. The number of pyridine rings is 2. The summed E-state index contributed by atoms with van der Waals surface area (Å²) in [4.78, 5) is 61.4. The number of carbonyl (C=O) groups excluding carboxylic acids is 3. The molecule has 0 bridgehead atoms. The summed E-state index contributed by atoms with van der Waals surface area (Å²) in [7, 11) is 8.27. The standard InChI is InChI=1S/C26H37N5O3.C17H28N2O.C10H12N2O3/c1-5-19-14-21(16-28-24(19)27)29-25(32)26(33)31-17-18(2)10-11-23(31)20-8-6-9-22(15-20)34-13-7-12-30(3)4;1-14-8-9-17(18-13-14)15-6-4-7-16(12-15)20-11-5-10-19(2)3;1-2-7-3-6(5-12-9(7)11)4-8(13)10(14)15/h6,8-9,14-16,18,23H,5,7,10-13,17H2,1-4H3,(H2,27,28)(H,29,32);4,6-7,12,14,17-18H,5,8-11,13H2,1-3H3;3,5H,2,4H2,1H3,(H2,11,12)(H,14,15)/t18-,23+;14-,17+;/m00./s1. The Morgan fingerprint density at radius 1 is 0.768 bits per heavy atom. The molecule has 2 aromatic carbocycles. The lowest BCUT2D eigenvalue weighted by Crippen LogP contribution is -2.46. The van der Waals surface area contributed by atoms with Gasteiger partial charge >= 0.3 is 17.8 Å². The molecule has 2 saturated heterocycles. The summed E-state index contributed by atoms with van der Waals surface area (Å²) < 4.78 is 11.8. The number of nitrogens with zero attached hydrogens (tertiary/aromatic N) is 5. The van der Waals surface area contributed by atoms with Crippen molar-refractivity contribution in [1.29, 1.82) is 0 Å². The van der Waals surface area contributed by atoms with Gasteiger partial charge in [-0.3, -0.25) is 14.4 Å². The van der Waals surface area contributed by atoms with Crippen molar-refractivity contribution in [3.05, 3.63) is 101 Å². The SMILES string of the molecule is CCc1cc(CC(=O)C(=O)O)cnc1N.CCc1cc(NC(=O)C(=O)N2C[C@@H](C)CC[C@@H]2c2cccc(OCCCN(C)C)c2)cnc1N.C[C@H]1CC[C@H](c2cccc(OCCCN(C)C)c2)NC1. The number of nitrogen functional groups attached to an aromatic ring is 2. The number of anilines is 3. The Balaban J connectivity index is 0.000000250. The van der Waals surface area contributed by atoms with Crippen molar-refractivity contribution in [2.75, 3.05) is 84.4 Å². The van der Waals surface area contributed by atoms with Gasteiger partial charge in [-0.15, -0.1) is 0 Å². The molecule has 2 aliphatic heterocycles. The van der Waals surface area contributed by atoms with Crippen LogP contribution in [0.3, 0.4) is 0 Å². The number of aryl methyl sites for hydroxylation is 2. The van der Waals surface area contributed by atoms with Gasteiger partial charge in [0.2, 0.25) is 5.78 Å². The summed E-state index contributed by atoms with van der Waals surface area (Å²) in [6, 6.07) is 20.3. The minimum absolute atomic E-state index is 0.143. The Hall–Kier alpha value is -6.10. The topological polar surface area (TPSA) is 219 Å². The zero-order valence-electron chi connectivity index (χ0n) is 42.1. The molecule has 16 heteroatoms. The van der Waals surface area contributed by atoms with Gasteiger partial charge in [0.15, 0.2) is 0 Å². The second kappa shape index (κ2) is 28.4. The van der Waals surface area contributed by atoms with Gasteiger partial charge in [-0.2, -0.15) is 0 Å². The predicted octanol–water partition coefficient (Wildman–Crippen LogP) is 7.00. The number of aliphatic carboxylic acids is 1. The fourth-order valence-electron chi connectivity index (χ4n) is 8.18. The molecule has 4 heterocycles. The second-order valence-corrected chi connectivity index (χ2v) is 18.7. The number of rotatable bonds is 18. The molecule has 6 rings (SSSR count). The van der Waals surface area contributed by atoms with Crippen LogP contribution in [0.2, 0.25) is 0 Å². The molecule has 2 aromatic heterocycles. The average molecular weight is 952 g/mol. The highest BCUT2D eigenvalue weighted by atomic mass is 16.5. The average Bonchev–Trinajstić information content (AvgIpc) is 3.33. The van der Waals surface area contributed by atoms with Gasteiger partial charge in [-0.1, -0.05) is 58.0 Å². The number of carboxylic acids is 1. The van der Waals surface area contributed by atoms with E-state index in [-0.39, 0.29) is 12.5 Å². The minimum Gasteiger partial charge on any atom is -0.494 e. The van der Waals surface area contributed by atoms with Crippen LogP contribution < -0.4 is 31.6 Å². The van der Waals surface area contributed by atoms with E-state index >= 15 is 0 Å². The van der Waals surface area contributed by atoms with E-state index in [0.29, 0.717) is 60.8 Å². The summed E-state index contributed by atoms with van der Waals surface area (Å²) in [5.41, 5.74) is 16.5. The van der Waals surface area contributed by atoms with Crippen LogP contribution in [0.4, 0.5) is 17.3 Å². The van der Waals surface area contributed by atoms with Crippen LogP contribution >= 0.6 is 0 Å². The molecular weight excluding hydrogens is 875 g/mol. The number of likely N-dealkylation sites (tertiary alicyclic amines) is 1. The van der Waals surface area contributed by atoms with Crippen molar-refractivity contribution in [3.63, 3.8) is 0 Å². The Morgan fingerprint density at radius 3 is 1.90 bits per heavy atom. The minimum atomic E-state index is -1.43. The zero-order chi connectivity index (χ0) is 50.5. The maximum atomic E-state index is 13.2. The molecular formula is C53H77N9O7. The highest BCUT2D eigenvalue weighted by Gasteiger charge is 2.34. The number of piperidine rings is 2. The Morgan fingerprint density at radius 2 is 1.33 bits per heavy atom. The number of Topliss-reactive ketones (excluding diaryl/α,β-unsaturated/α-hetero) is 1. The lowest BCUT2D eigenvalue weighted by molar-refractivity contribution is -0.148. The first-order valence-electron chi connectivity index (χ1n) is 24.3. The van der Waals surface area contributed by atoms with E-state index in [1.807, 2.05) is 52.2 Å². The van der Waals surface area contributed by atoms with Crippen molar-refractivity contribution < 1.29 is 33.8 Å². The van der Waals surface area contributed by atoms with Crippen molar-refractivity contribution in [2.45, 2.75) is 97.6 Å². The smallest absolute Gasteiger partial charge is 0.372 e. The molecule has 0 spiro atoms. The maximum absolute atomic E-state index is 13.2. The first-order valence-corrected chi connectivity index (χ1v) is 24.3. The molecule has 69 heavy (non-hydrogen) atoms. The number of carboxylic acid groups (broad SMARTS) is 1. The van der Waals surface area contributed by atoms with E-state index < -0.39 is 23.6 Å². The third kappa shape index (κ3) is 18.7. The fourth-order valence-corrected chi connectivity index (χ4v) is 8.18. The van der Waals surface area contributed by atoms with Gasteiger partial charge in [-0.05, 0) is 156 Å². The van der Waals surface area contributed by atoms with Crippen molar-refractivity contribution in [1.82, 2.24) is 30.0 Å². The summed E-state index contributed by atoms with van der Waals surface area (Å²) in [6.07, 6.45) is 10.5. The van der Waals surface area contributed by atoms with Gasteiger partial charge in [0.05, 0.1) is 31.1 Å². The van der Waals surface area contributed by atoms with E-state index in [1.54, 1.807) is 17.0 Å². The Kier molecular flexibility index (Phi) is 22.8. The lowest BCUT2D eigenvalue weighted by atomic mass is 9.89. The Bertz CT molecular complexity index is 2260. The molecule has 0 aliphatic carbocycles. The van der Waals surface area contributed by atoms with Crippen molar-refractivity contribution in [2.24, 2.45) is 11.8 Å². The van der Waals surface area contributed by atoms with E-state index in [0.717, 1.165) is 86.0 Å². The van der Waals surface area contributed by atoms with Gasteiger partial charge in [-0.25, -0.2) is 14.8 Å². The number of ether oxygens (including phenoxy) is 2. The molecule has 16 nitrogen and oxygen atoms in total. The molecule has 376 valence electrons. The zero-order valence-corrected chi connectivity index (χ0v) is 42.1.